The second kappa shape index (κ2) is 9.32. The Balaban J connectivity index is 1.49. The zero-order chi connectivity index (χ0) is 22.7. The fourth-order valence-electron chi connectivity index (χ4n) is 4.92. The largest absolute Gasteiger partial charge is 0.352 e. The molecule has 0 aromatic heterocycles. The third-order valence-electron chi connectivity index (χ3n) is 7.20. The molecule has 1 saturated heterocycles. The molecule has 4 heteroatoms. The van der Waals surface area contributed by atoms with Gasteiger partial charge in [-0.2, -0.15) is 0 Å². The Kier molecular flexibility index (Phi) is 6.50. The van der Waals surface area contributed by atoms with Gasteiger partial charge in [0, 0.05) is 25.6 Å². The first-order chi connectivity index (χ1) is 15.4. The van der Waals surface area contributed by atoms with Crippen LogP contribution in [0.5, 0.6) is 0 Å². The van der Waals surface area contributed by atoms with Crippen LogP contribution in [0.4, 0.5) is 0 Å². The molecular weight excluding hydrogens is 396 g/mol. The number of nitrogens with zero attached hydrogens (tertiary/aromatic N) is 1. The van der Waals surface area contributed by atoms with E-state index >= 15 is 0 Å². The zero-order valence-corrected chi connectivity index (χ0v) is 19.3. The van der Waals surface area contributed by atoms with Gasteiger partial charge in [0.1, 0.15) is 0 Å². The predicted octanol–water partition coefficient (Wildman–Crippen LogP) is 4.77. The van der Waals surface area contributed by atoms with Crippen molar-refractivity contribution in [2.45, 2.75) is 39.5 Å². The Hall–Kier alpha value is -2.88. The topological polar surface area (TPSA) is 49.4 Å². The van der Waals surface area contributed by atoms with Crippen LogP contribution >= 0.6 is 0 Å². The molecule has 0 radical (unpaired) electrons. The number of carbonyl (C=O) groups excluding carboxylic acids is 2. The number of carbonyl (C=O) groups is 2. The minimum Gasteiger partial charge on any atom is -0.352 e. The first kappa shape index (κ1) is 22.3. The molecule has 2 amide bonds. The lowest BCUT2D eigenvalue weighted by atomic mass is 9.72. The Morgan fingerprint density at radius 3 is 2.41 bits per heavy atom. The highest BCUT2D eigenvalue weighted by atomic mass is 16.2. The molecule has 1 N–H and O–H groups in total. The van der Waals surface area contributed by atoms with Gasteiger partial charge in [0.2, 0.25) is 11.8 Å². The minimum absolute atomic E-state index is 0.0760. The molecule has 2 atom stereocenters. The Bertz CT molecular complexity index is 987. The third kappa shape index (κ3) is 4.79. The Labute approximate surface area is 191 Å². The van der Waals surface area contributed by atoms with Crippen molar-refractivity contribution in [3.63, 3.8) is 0 Å². The highest BCUT2D eigenvalue weighted by Gasteiger charge is 2.46. The number of rotatable bonds is 7. The van der Waals surface area contributed by atoms with Crippen molar-refractivity contribution in [3.8, 4) is 11.1 Å². The van der Waals surface area contributed by atoms with Gasteiger partial charge < -0.3 is 10.2 Å². The molecule has 2 aromatic carbocycles. The first-order valence-electron chi connectivity index (χ1n) is 11.8. The molecule has 1 saturated carbocycles. The minimum atomic E-state index is -0.486. The van der Waals surface area contributed by atoms with Gasteiger partial charge in [-0.3, -0.25) is 9.59 Å². The molecule has 0 spiro atoms. The number of aryl methyl sites for hydroxylation is 1. The summed E-state index contributed by atoms with van der Waals surface area (Å²) in [7, 11) is 0. The lowest BCUT2D eigenvalue weighted by Gasteiger charge is -2.41. The molecule has 32 heavy (non-hydrogen) atoms. The van der Waals surface area contributed by atoms with Gasteiger partial charge in [-0.15, -0.1) is 6.58 Å². The maximum absolute atomic E-state index is 13.2. The van der Waals surface area contributed by atoms with Crippen molar-refractivity contribution in [1.82, 2.24) is 10.2 Å². The van der Waals surface area contributed by atoms with Crippen LogP contribution in [0.25, 0.3) is 11.1 Å². The molecule has 1 aliphatic heterocycles. The van der Waals surface area contributed by atoms with Crippen LogP contribution in [0.1, 0.15) is 37.3 Å². The summed E-state index contributed by atoms with van der Waals surface area (Å²) in [5.74, 6) is 1.07. The molecule has 1 heterocycles. The van der Waals surface area contributed by atoms with Crippen LogP contribution in [0, 0.1) is 24.2 Å². The van der Waals surface area contributed by atoms with E-state index in [0.29, 0.717) is 44.8 Å². The van der Waals surface area contributed by atoms with Gasteiger partial charge in [0.15, 0.2) is 0 Å². The van der Waals surface area contributed by atoms with Crippen LogP contribution in [-0.4, -0.2) is 36.3 Å². The number of benzene rings is 2. The molecule has 0 bridgehead atoms. The Morgan fingerprint density at radius 2 is 1.81 bits per heavy atom. The van der Waals surface area contributed by atoms with Gasteiger partial charge in [0.25, 0.3) is 0 Å². The highest BCUT2D eigenvalue weighted by molar-refractivity contribution is 5.85. The maximum Gasteiger partial charge on any atom is 0.226 e. The quantitative estimate of drug-likeness (QED) is 0.643. The standard InChI is InChI=1S/C28H34N2O2/c1-4-14-29-27(32)28(12-15-30(16-13-28)26(31)25-18-21(25)3)19-22-8-10-23(11-9-22)24-7-5-6-20(2)17-24/h4-11,17,21,25H,1,12-16,18-19H2,2-3H3,(H,29,32). The summed E-state index contributed by atoms with van der Waals surface area (Å²) >= 11 is 0. The molecular formula is C28H34N2O2. The molecule has 2 fully saturated rings. The summed E-state index contributed by atoms with van der Waals surface area (Å²) in [6.45, 7) is 9.75. The van der Waals surface area contributed by atoms with E-state index < -0.39 is 5.41 Å². The summed E-state index contributed by atoms with van der Waals surface area (Å²) in [4.78, 5) is 27.9. The molecule has 2 aromatic rings. The summed E-state index contributed by atoms with van der Waals surface area (Å²) in [5.41, 5.74) is 4.30. The van der Waals surface area contributed by atoms with Crippen molar-refractivity contribution in [2.24, 2.45) is 17.3 Å². The summed E-state index contributed by atoms with van der Waals surface area (Å²) in [5, 5.41) is 3.03. The summed E-state index contributed by atoms with van der Waals surface area (Å²) < 4.78 is 0. The SMILES string of the molecule is C=CCNC(=O)C1(Cc2ccc(-c3cccc(C)c3)cc2)CCN(C(=O)C2CC2C)CC1. The van der Waals surface area contributed by atoms with E-state index in [-0.39, 0.29) is 17.7 Å². The molecule has 2 unspecified atom stereocenters. The van der Waals surface area contributed by atoms with Crippen LogP contribution in [0.3, 0.4) is 0 Å². The number of nitrogens with one attached hydrogen (secondary N) is 1. The number of hydrogen-bond donors (Lipinski definition) is 1. The molecule has 4 nitrogen and oxygen atoms in total. The second-order valence-corrected chi connectivity index (χ2v) is 9.67. The number of likely N-dealkylation sites (tertiary alicyclic amines) is 1. The van der Waals surface area contributed by atoms with Crippen LogP contribution in [0.2, 0.25) is 0 Å². The number of hydrogen-bond acceptors (Lipinski definition) is 2. The number of piperidine rings is 1. The van der Waals surface area contributed by atoms with E-state index in [1.165, 1.54) is 16.7 Å². The zero-order valence-electron chi connectivity index (χ0n) is 19.3. The van der Waals surface area contributed by atoms with Gasteiger partial charge in [-0.1, -0.05) is 67.1 Å². The van der Waals surface area contributed by atoms with Gasteiger partial charge >= 0.3 is 0 Å². The van der Waals surface area contributed by atoms with Crippen molar-refractivity contribution in [2.75, 3.05) is 19.6 Å². The smallest absolute Gasteiger partial charge is 0.226 e. The molecule has 1 aliphatic carbocycles. The van der Waals surface area contributed by atoms with E-state index in [0.717, 1.165) is 12.0 Å². The average Bonchev–Trinajstić information content (AvgIpc) is 3.54. The van der Waals surface area contributed by atoms with Crippen molar-refractivity contribution >= 4 is 11.8 Å². The fraction of sp³-hybridized carbons (Fsp3) is 0.429. The summed E-state index contributed by atoms with van der Waals surface area (Å²) in [6, 6.07) is 17.1. The van der Waals surface area contributed by atoms with E-state index in [4.69, 9.17) is 0 Å². The van der Waals surface area contributed by atoms with E-state index in [2.05, 4.69) is 74.3 Å². The third-order valence-corrected chi connectivity index (χ3v) is 7.20. The normalized spacial score (nSPS) is 21.6. The molecule has 4 rings (SSSR count). The van der Waals surface area contributed by atoms with Crippen molar-refractivity contribution in [1.29, 1.82) is 0 Å². The van der Waals surface area contributed by atoms with Gasteiger partial charge in [-0.05, 0) is 55.2 Å². The predicted molar refractivity (Wildman–Crippen MR) is 129 cm³/mol. The lowest BCUT2D eigenvalue weighted by molar-refractivity contribution is -0.141. The van der Waals surface area contributed by atoms with E-state index in [1.54, 1.807) is 6.08 Å². The monoisotopic (exact) mass is 430 g/mol. The summed E-state index contributed by atoms with van der Waals surface area (Å²) in [6.07, 6.45) is 4.81. The van der Waals surface area contributed by atoms with Gasteiger partial charge in [-0.25, -0.2) is 0 Å². The molecule has 2 aliphatic rings. The van der Waals surface area contributed by atoms with Crippen LogP contribution in [-0.2, 0) is 16.0 Å². The highest BCUT2D eigenvalue weighted by Crippen LogP contribution is 2.42. The number of amides is 2. The fourth-order valence-corrected chi connectivity index (χ4v) is 4.92. The van der Waals surface area contributed by atoms with E-state index in [9.17, 15) is 9.59 Å². The second-order valence-electron chi connectivity index (χ2n) is 9.67. The molecule has 168 valence electrons. The maximum atomic E-state index is 13.2. The van der Waals surface area contributed by atoms with E-state index in [1.807, 2.05) is 4.90 Å². The van der Waals surface area contributed by atoms with Crippen molar-refractivity contribution in [3.05, 3.63) is 72.3 Å². The van der Waals surface area contributed by atoms with Gasteiger partial charge in [0.05, 0.1) is 5.41 Å². The lowest BCUT2D eigenvalue weighted by Crippen LogP contribution is -2.51. The first-order valence-corrected chi connectivity index (χ1v) is 11.8. The Morgan fingerprint density at radius 1 is 1.12 bits per heavy atom. The average molecular weight is 431 g/mol. The van der Waals surface area contributed by atoms with Crippen LogP contribution in [0.15, 0.2) is 61.2 Å². The van der Waals surface area contributed by atoms with Crippen molar-refractivity contribution < 1.29 is 9.59 Å². The van der Waals surface area contributed by atoms with Crippen LogP contribution < -0.4 is 5.32 Å².